The van der Waals surface area contributed by atoms with E-state index in [4.69, 9.17) is 23.2 Å². The minimum absolute atomic E-state index is 0.153. The summed E-state index contributed by atoms with van der Waals surface area (Å²) in [5.74, 6) is 0. The van der Waals surface area contributed by atoms with E-state index in [-0.39, 0.29) is 12.1 Å². The fourth-order valence-corrected chi connectivity index (χ4v) is 2.42. The van der Waals surface area contributed by atoms with Gasteiger partial charge >= 0.3 is 6.03 Å². The monoisotopic (exact) mass is 301 g/mol. The number of urea groups is 1. The first-order valence-corrected chi connectivity index (χ1v) is 7.14. The average Bonchev–Trinajstić information content (AvgIpc) is 2.62. The Morgan fingerprint density at radius 3 is 3.00 bits per heavy atom. The molecule has 4 nitrogen and oxygen atoms in total. The number of rotatable bonds is 2. The van der Waals surface area contributed by atoms with Crippen LogP contribution in [0.5, 0.6) is 0 Å². The van der Waals surface area contributed by atoms with E-state index in [0.29, 0.717) is 15.7 Å². The second kappa shape index (κ2) is 6.98. The van der Waals surface area contributed by atoms with Crippen LogP contribution in [0.15, 0.2) is 18.2 Å². The molecule has 0 aromatic heterocycles. The predicted octanol–water partition coefficient (Wildman–Crippen LogP) is 3.26. The van der Waals surface area contributed by atoms with Crippen molar-refractivity contribution in [3.8, 4) is 0 Å². The summed E-state index contributed by atoms with van der Waals surface area (Å²) in [5, 5.41) is 9.97. The molecule has 1 heterocycles. The van der Waals surface area contributed by atoms with Crippen molar-refractivity contribution in [3.05, 3.63) is 28.2 Å². The lowest BCUT2D eigenvalue weighted by Crippen LogP contribution is -2.42. The Labute approximate surface area is 122 Å². The predicted molar refractivity (Wildman–Crippen MR) is 79.1 cm³/mol. The number of anilines is 1. The molecule has 6 heteroatoms. The molecular weight excluding hydrogens is 285 g/mol. The van der Waals surface area contributed by atoms with Crippen LogP contribution in [0.25, 0.3) is 0 Å². The Balaban J connectivity index is 1.91. The van der Waals surface area contributed by atoms with Crippen molar-refractivity contribution in [3.63, 3.8) is 0 Å². The molecule has 3 N–H and O–H groups in total. The van der Waals surface area contributed by atoms with E-state index in [1.807, 2.05) is 0 Å². The molecule has 0 bridgehead atoms. The van der Waals surface area contributed by atoms with Gasteiger partial charge in [-0.1, -0.05) is 29.6 Å². The van der Waals surface area contributed by atoms with Crippen LogP contribution in [0.4, 0.5) is 10.5 Å². The standard InChI is InChI=1S/C13H17Cl2N3O/c14-9-4-5-11(15)12(7-9)18-13(19)17-10-3-1-2-6-16-8-10/h4-5,7,10,16H,1-3,6,8H2,(H2,17,18,19). The van der Waals surface area contributed by atoms with E-state index >= 15 is 0 Å². The summed E-state index contributed by atoms with van der Waals surface area (Å²) in [6.45, 7) is 1.82. The molecule has 0 aliphatic carbocycles. The summed E-state index contributed by atoms with van der Waals surface area (Å²) in [5.41, 5.74) is 0.522. The molecule has 1 atom stereocenters. The Morgan fingerprint density at radius 2 is 2.16 bits per heavy atom. The highest BCUT2D eigenvalue weighted by Crippen LogP contribution is 2.25. The molecule has 0 saturated carbocycles. The lowest BCUT2D eigenvalue weighted by Gasteiger charge is -2.17. The number of carbonyl (C=O) groups excluding carboxylic acids is 1. The zero-order valence-electron chi connectivity index (χ0n) is 10.5. The Hall–Kier alpha value is -0.970. The topological polar surface area (TPSA) is 53.2 Å². The SMILES string of the molecule is O=C(Nc1cc(Cl)ccc1Cl)NC1CCCCNC1. The molecule has 1 fully saturated rings. The van der Waals surface area contributed by atoms with Gasteiger partial charge in [0, 0.05) is 17.6 Å². The smallest absolute Gasteiger partial charge is 0.319 e. The number of nitrogens with one attached hydrogen (secondary N) is 3. The van der Waals surface area contributed by atoms with E-state index in [1.54, 1.807) is 18.2 Å². The van der Waals surface area contributed by atoms with Crippen molar-refractivity contribution in [2.75, 3.05) is 18.4 Å². The Morgan fingerprint density at radius 1 is 1.32 bits per heavy atom. The lowest BCUT2D eigenvalue weighted by atomic mass is 10.1. The number of carbonyl (C=O) groups is 1. The average molecular weight is 302 g/mol. The minimum atomic E-state index is -0.252. The first-order chi connectivity index (χ1) is 9.15. The molecule has 0 spiro atoms. The van der Waals surface area contributed by atoms with Crippen LogP contribution in [0.1, 0.15) is 19.3 Å². The van der Waals surface area contributed by atoms with E-state index in [2.05, 4.69) is 16.0 Å². The van der Waals surface area contributed by atoms with Gasteiger partial charge in [-0.15, -0.1) is 0 Å². The number of benzene rings is 1. The van der Waals surface area contributed by atoms with Gasteiger partial charge in [-0.2, -0.15) is 0 Å². The number of hydrogen-bond acceptors (Lipinski definition) is 2. The van der Waals surface area contributed by atoms with Crippen LogP contribution in [0.3, 0.4) is 0 Å². The van der Waals surface area contributed by atoms with Crippen molar-refractivity contribution in [2.45, 2.75) is 25.3 Å². The highest BCUT2D eigenvalue weighted by atomic mass is 35.5. The van der Waals surface area contributed by atoms with Crippen molar-refractivity contribution >= 4 is 34.9 Å². The largest absolute Gasteiger partial charge is 0.334 e. The Bertz CT molecular complexity index is 446. The van der Waals surface area contributed by atoms with Crippen molar-refractivity contribution < 1.29 is 4.79 Å². The van der Waals surface area contributed by atoms with Crippen LogP contribution in [0, 0.1) is 0 Å². The molecule has 1 aliphatic rings. The zero-order valence-corrected chi connectivity index (χ0v) is 12.0. The van der Waals surface area contributed by atoms with Gasteiger partial charge in [0.05, 0.1) is 10.7 Å². The van der Waals surface area contributed by atoms with Gasteiger partial charge in [-0.3, -0.25) is 0 Å². The summed E-state index contributed by atoms with van der Waals surface area (Å²) < 4.78 is 0. The van der Waals surface area contributed by atoms with Crippen molar-refractivity contribution in [1.29, 1.82) is 0 Å². The van der Waals surface area contributed by atoms with Gasteiger partial charge in [-0.25, -0.2) is 4.79 Å². The number of hydrogen-bond donors (Lipinski definition) is 3. The van der Waals surface area contributed by atoms with Crippen LogP contribution in [-0.4, -0.2) is 25.2 Å². The summed E-state index contributed by atoms with van der Waals surface area (Å²) in [4.78, 5) is 11.9. The van der Waals surface area contributed by atoms with Crippen LogP contribution >= 0.6 is 23.2 Å². The maximum atomic E-state index is 11.9. The van der Waals surface area contributed by atoms with E-state index < -0.39 is 0 Å². The number of amides is 2. The van der Waals surface area contributed by atoms with Gasteiger partial charge in [0.2, 0.25) is 0 Å². The molecule has 104 valence electrons. The van der Waals surface area contributed by atoms with E-state index in [9.17, 15) is 4.79 Å². The molecule has 1 saturated heterocycles. The van der Waals surface area contributed by atoms with Crippen LogP contribution in [-0.2, 0) is 0 Å². The van der Waals surface area contributed by atoms with Gasteiger partial charge in [0.1, 0.15) is 0 Å². The maximum Gasteiger partial charge on any atom is 0.319 e. The van der Waals surface area contributed by atoms with Crippen molar-refractivity contribution in [1.82, 2.24) is 10.6 Å². The normalized spacial score (nSPS) is 19.6. The van der Waals surface area contributed by atoms with Crippen molar-refractivity contribution in [2.24, 2.45) is 0 Å². The molecule has 1 aromatic carbocycles. The highest BCUT2D eigenvalue weighted by molar-refractivity contribution is 6.35. The van der Waals surface area contributed by atoms with Crippen LogP contribution in [0.2, 0.25) is 10.0 Å². The fourth-order valence-electron chi connectivity index (χ4n) is 2.08. The quantitative estimate of drug-likeness (QED) is 0.785. The first kappa shape index (κ1) is 14.4. The van der Waals surface area contributed by atoms with Crippen LogP contribution < -0.4 is 16.0 Å². The molecule has 2 amide bonds. The highest BCUT2D eigenvalue weighted by Gasteiger charge is 2.15. The molecular formula is C13H17Cl2N3O. The molecule has 1 aromatic rings. The van der Waals surface area contributed by atoms with Gasteiger partial charge in [-0.05, 0) is 37.6 Å². The molecule has 1 unspecified atom stereocenters. The third-order valence-corrected chi connectivity index (χ3v) is 3.62. The van der Waals surface area contributed by atoms with E-state index in [0.717, 1.165) is 32.4 Å². The van der Waals surface area contributed by atoms with Gasteiger partial charge < -0.3 is 16.0 Å². The molecule has 2 rings (SSSR count). The molecule has 1 aliphatic heterocycles. The maximum absolute atomic E-state index is 11.9. The first-order valence-electron chi connectivity index (χ1n) is 6.38. The Kier molecular flexibility index (Phi) is 5.31. The molecule has 0 radical (unpaired) electrons. The van der Waals surface area contributed by atoms with E-state index in [1.165, 1.54) is 0 Å². The third-order valence-electron chi connectivity index (χ3n) is 3.06. The second-order valence-electron chi connectivity index (χ2n) is 4.62. The second-order valence-corrected chi connectivity index (χ2v) is 5.46. The summed E-state index contributed by atoms with van der Waals surface area (Å²) in [6.07, 6.45) is 3.26. The third kappa shape index (κ3) is 4.56. The zero-order chi connectivity index (χ0) is 13.7. The summed E-state index contributed by atoms with van der Waals surface area (Å²) in [6, 6.07) is 4.88. The lowest BCUT2D eigenvalue weighted by molar-refractivity contribution is 0.247. The summed E-state index contributed by atoms with van der Waals surface area (Å²) >= 11 is 11.9. The molecule has 19 heavy (non-hydrogen) atoms. The van der Waals surface area contributed by atoms with Gasteiger partial charge in [0.15, 0.2) is 0 Å². The number of halogens is 2. The fraction of sp³-hybridized carbons (Fsp3) is 0.462. The summed E-state index contributed by atoms with van der Waals surface area (Å²) in [7, 11) is 0. The van der Waals surface area contributed by atoms with Gasteiger partial charge in [0.25, 0.3) is 0 Å². The minimum Gasteiger partial charge on any atom is -0.334 e.